The van der Waals surface area contributed by atoms with Crippen LogP contribution in [0.25, 0.3) is 0 Å². The Morgan fingerprint density at radius 3 is 2.62 bits per heavy atom. The maximum absolute atomic E-state index is 11.8. The van der Waals surface area contributed by atoms with Crippen molar-refractivity contribution >= 4 is 29.4 Å². The molecule has 114 valence electrons. The van der Waals surface area contributed by atoms with Crippen molar-refractivity contribution in [3.05, 3.63) is 23.2 Å². The number of amides is 1. The molecular formula is C12H14ClN3O5. The Hall–Kier alpha value is -2.22. The van der Waals surface area contributed by atoms with E-state index in [1.165, 1.54) is 6.20 Å². The van der Waals surface area contributed by atoms with Crippen LogP contribution in [0.3, 0.4) is 0 Å². The van der Waals surface area contributed by atoms with Gasteiger partial charge >= 0.3 is 11.9 Å². The third-order valence-corrected chi connectivity index (χ3v) is 2.59. The molecule has 0 aliphatic carbocycles. The van der Waals surface area contributed by atoms with Gasteiger partial charge in [0.2, 0.25) is 0 Å². The second kappa shape index (κ2) is 8.15. The number of carboxylic acid groups (broad SMARTS) is 1. The van der Waals surface area contributed by atoms with Crippen LogP contribution in [0.4, 0.5) is 0 Å². The zero-order valence-electron chi connectivity index (χ0n) is 11.2. The van der Waals surface area contributed by atoms with E-state index in [0.717, 1.165) is 6.20 Å². The molecule has 1 atom stereocenters. The second-order valence-corrected chi connectivity index (χ2v) is 4.32. The highest BCUT2D eigenvalue weighted by atomic mass is 35.5. The summed E-state index contributed by atoms with van der Waals surface area (Å²) < 4.78 is 4.69. The Bertz CT molecular complexity index is 520. The van der Waals surface area contributed by atoms with E-state index in [1.54, 1.807) is 6.92 Å². The number of nitrogens with zero attached hydrogens (tertiary/aromatic N) is 2. The van der Waals surface area contributed by atoms with Gasteiger partial charge in [0.25, 0.3) is 5.91 Å². The number of hydrogen-bond donors (Lipinski definition) is 2. The Morgan fingerprint density at radius 2 is 2.10 bits per heavy atom. The standard InChI is InChI=1S/C12H14ClN3O5/c1-2-21-10(17)4-3-7(12(19)20)16-11(18)8-5-15-9(13)6-14-8/h5-7H,2-4H2,1H3,(H,16,18)(H,19,20)/t7-/m0/s1. The summed E-state index contributed by atoms with van der Waals surface area (Å²) in [6.07, 6.45) is 2.10. The normalized spacial score (nSPS) is 11.5. The molecular weight excluding hydrogens is 302 g/mol. The lowest BCUT2D eigenvalue weighted by Crippen LogP contribution is -2.41. The fourth-order valence-electron chi connectivity index (χ4n) is 1.41. The van der Waals surface area contributed by atoms with Crippen molar-refractivity contribution in [2.45, 2.75) is 25.8 Å². The minimum Gasteiger partial charge on any atom is -0.480 e. The molecule has 1 aromatic heterocycles. The van der Waals surface area contributed by atoms with Crippen LogP contribution in [0.2, 0.25) is 5.15 Å². The summed E-state index contributed by atoms with van der Waals surface area (Å²) in [7, 11) is 0. The molecule has 0 fully saturated rings. The molecule has 21 heavy (non-hydrogen) atoms. The molecule has 9 heteroatoms. The Kier molecular flexibility index (Phi) is 6.54. The third-order valence-electron chi connectivity index (χ3n) is 2.40. The molecule has 0 aromatic carbocycles. The number of esters is 1. The first-order valence-corrected chi connectivity index (χ1v) is 6.48. The number of aliphatic carboxylic acids is 1. The quantitative estimate of drug-likeness (QED) is 0.709. The number of aromatic nitrogens is 2. The lowest BCUT2D eigenvalue weighted by Gasteiger charge is -2.13. The van der Waals surface area contributed by atoms with E-state index in [-0.39, 0.29) is 30.3 Å². The lowest BCUT2D eigenvalue weighted by atomic mass is 10.1. The number of carboxylic acids is 1. The zero-order chi connectivity index (χ0) is 15.8. The van der Waals surface area contributed by atoms with Crippen molar-refractivity contribution in [2.24, 2.45) is 0 Å². The molecule has 1 rings (SSSR count). The molecule has 2 N–H and O–H groups in total. The Morgan fingerprint density at radius 1 is 1.38 bits per heavy atom. The van der Waals surface area contributed by atoms with Gasteiger partial charge in [0.1, 0.15) is 16.9 Å². The molecule has 0 aliphatic rings. The number of carbonyl (C=O) groups excluding carboxylic acids is 2. The summed E-state index contributed by atoms with van der Waals surface area (Å²) >= 11 is 5.54. The second-order valence-electron chi connectivity index (χ2n) is 3.93. The zero-order valence-corrected chi connectivity index (χ0v) is 12.0. The number of rotatable bonds is 7. The molecule has 0 aliphatic heterocycles. The Balaban J connectivity index is 2.61. The fraction of sp³-hybridized carbons (Fsp3) is 0.417. The van der Waals surface area contributed by atoms with Crippen LogP contribution in [-0.2, 0) is 14.3 Å². The minimum absolute atomic E-state index is 0.0678. The maximum Gasteiger partial charge on any atom is 0.326 e. The van der Waals surface area contributed by atoms with Gasteiger partial charge in [0, 0.05) is 6.42 Å². The SMILES string of the molecule is CCOC(=O)CC[C@H](NC(=O)c1cnc(Cl)cn1)C(=O)O. The van der Waals surface area contributed by atoms with Gasteiger partial charge in [-0.25, -0.2) is 14.8 Å². The van der Waals surface area contributed by atoms with Crippen LogP contribution < -0.4 is 5.32 Å². The highest BCUT2D eigenvalue weighted by molar-refractivity contribution is 6.29. The molecule has 0 spiro atoms. The molecule has 1 heterocycles. The smallest absolute Gasteiger partial charge is 0.326 e. The summed E-state index contributed by atoms with van der Waals surface area (Å²) in [5.74, 6) is -2.49. The monoisotopic (exact) mass is 315 g/mol. The topological polar surface area (TPSA) is 118 Å². The van der Waals surface area contributed by atoms with E-state index < -0.39 is 23.9 Å². The summed E-state index contributed by atoms with van der Waals surface area (Å²) in [4.78, 5) is 41.5. The van der Waals surface area contributed by atoms with Crippen LogP contribution in [0.15, 0.2) is 12.4 Å². The van der Waals surface area contributed by atoms with E-state index in [4.69, 9.17) is 21.4 Å². The largest absolute Gasteiger partial charge is 0.480 e. The van der Waals surface area contributed by atoms with Gasteiger partial charge in [0.15, 0.2) is 0 Å². The van der Waals surface area contributed by atoms with Crippen LogP contribution in [0.1, 0.15) is 30.3 Å². The van der Waals surface area contributed by atoms with E-state index in [1.807, 2.05) is 0 Å². The van der Waals surface area contributed by atoms with E-state index in [0.29, 0.717) is 0 Å². The molecule has 0 unspecified atom stereocenters. The molecule has 0 bridgehead atoms. The van der Waals surface area contributed by atoms with Gasteiger partial charge in [-0.15, -0.1) is 0 Å². The van der Waals surface area contributed by atoms with Gasteiger partial charge in [-0.1, -0.05) is 11.6 Å². The van der Waals surface area contributed by atoms with Gasteiger partial charge in [-0.05, 0) is 13.3 Å². The summed E-state index contributed by atoms with van der Waals surface area (Å²) in [6.45, 7) is 1.86. The Labute approximate surface area is 125 Å². The first kappa shape index (κ1) is 16.8. The number of ether oxygens (including phenoxy) is 1. The van der Waals surface area contributed by atoms with E-state index in [9.17, 15) is 14.4 Å². The van der Waals surface area contributed by atoms with Crippen molar-refractivity contribution in [2.75, 3.05) is 6.61 Å². The first-order valence-electron chi connectivity index (χ1n) is 6.10. The van der Waals surface area contributed by atoms with Crippen molar-refractivity contribution in [1.82, 2.24) is 15.3 Å². The number of hydrogen-bond acceptors (Lipinski definition) is 6. The number of halogens is 1. The van der Waals surface area contributed by atoms with Crippen molar-refractivity contribution < 1.29 is 24.2 Å². The molecule has 8 nitrogen and oxygen atoms in total. The van der Waals surface area contributed by atoms with Crippen molar-refractivity contribution in [1.29, 1.82) is 0 Å². The molecule has 0 saturated heterocycles. The first-order chi connectivity index (χ1) is 9.93. The lowest BCUT2D eigenvalue weighted by molar-refractivity contribution is -0.144. The van der Waals surface area contributed by atoms with Crippen LogP contribution in [0, 0.1) is 0 Å². The van der Waals surface area contributed by atoms with Gasteiger partial charge in [-0.2, -0.15) is 0 Å². The highest BCUT2D eigenvalue weighted by Gasteiger charge is 2.22. The molecule has 1 amide bonds. The summed E-state index contributed by atoms with van der Waals surface area (Å²) in [5, 5.41) is 11.4. The predicted molar refractivity (Wildman–Crippen MR) is 71.8 cm³/mol. The predicted octanol–water partition coefficient (Wildman–Crippen LogP) is 0.656. The minimum atomic E-state index is -1.26. The van der Waals surface area contributed by atoms with Gasteiger partial charge in [0.05, 0.1) is 19.0 Å². The number of nitrogens with one attached hydrogen (secondary N) is 1. The van der Waals surface area contributed by atoms with Gasteiger partial charge < -0.3 is 15.2 Å². The maximum atomic E-state index is 11.8. The molecule has 0 radical (unpaired) electrons. The average Bonchev–Trinajstić information content (AvgIpc) is 2.43. The molecule has 1 aromatic rings. The summed E-state index contributed by atoms with van der Waals surface area (Å²) in [6, 6.07) is -1.22. The van der Waals surface area contributed by atoms with E-state index >= 15 is 0 Å². The van der Waals surface area contributed by atoms with E-state index in [2.05, 4.69) is 15.3 Å². The van der Waals surface area contributed by atoms with Crippen molar-refractivity contribution in [3.63, 3.8) is 0 Å². The van der Waals surface area contributed by atoms with Crippen LogP contribution in [-0.4, -0.2) is 45.6 Å². The van der Waals surface area contributed by atoms with Crippen LogP contribution >= 0.6 is 11.6 Å². The summed E-state index contributed by atoms with van der Waals surface area (Å²) in [5.41, 5.74) is -0.0678. The van der Waals surface area contributed by atoms with Gasteiger partial charge in [-0.3, -0.25) is 9.59 Å². The highest BCUT2D eigenvalue weighted by Crippen LogP contribution is 2.04. The fourth-order valence-corrected chi connectivity index (χ4v) is 1.51. The average molecular weight is 316 g/mol. The van der Waals surface area contributed by atoms with Crippen LogP contribution in [0.5, 0.6) is 0 Å². The third kappa shape index (κ3) is 5.74. The molecule has 0 saturated carbocycles. The number of carbonyl (C=O) groups is 3. The van der Waals surface area contributed by atoms with Crippen molar-refractivity contribution in [3.8, 4) is 0 Å².